The van der Waals surface area contributed by atoms with Crippen LogP contribution in [0.15, 0.2) is 42.7 Å². The highest BCUT2D eigenvalue weighted by molar-refractivity contribution is 5.97. The lowest BCUT2D eigenvalue weighted by molar-refractivity contribution is -0.119. The number of hydrogen-bond donors (Lipinski definition) is 1. The summed E-state index contributed by atoms with van der Waals surface area (Å²) in [6.07, 6.45) is 3.71. The Hall–Kier alpha value is -2.36. The van der Waals surface area contributed by atoms with Crippen molar-refractivity contribution in [2.24, 2.45) is 5.92 Å². The lowest BCUT2D eigenvalue weighted by atomic mass is 10.1. The molecule has 1 atom stereocenters. The number of nitrogens with zero attached hydrogens (tertiary/aromatic N) is 2. The monoisotopic (exact) mass is 281 g/mol. The number of benzene rings is 1. The van der Waals surface area contributed by atoms with E-state index in [0.29, 0.717) is 6.54 Å². The molecule has 4 heteroatoms. The molecule has 1 aliphatic rings. The number of carbonyl (C=O) groups is 1. The zero-order valence-electron chi connectivity index (χ0n) is 12.3. The zero-order chi connectivity index (χ0) is 14.8. The van der Waals surface area contributed by atoms with Crippen LogP contribution in [-0.4, -0.2) is 17.4 Å². The number of amides is 1. The molecule has 0 saturated carbocycles. The molecule has 4 nitrogen and oxygen atoms in total. The normalized spacial score (nSPS) is 17.9. The fraction of sp³-hybridized carbons (Fsp3) is 0.294. The highest BCUT2D eigenvalue weighted by atomic mass is 16.1. The predicted molar refractivity (Wildman–Crippen MR) is 84.3 cm³/mol. The van der Waals surface area contributed by atoms with Gasteiger partial charge < -0.3 is 10.2 Å². The number of hydrogen-bond acceptors (Lipinski definition) is 3. The molecule has 1 aromatic heterocycles. The molecule has 0 spiro atoms. The second-order valence-corrected chi connectivity index (χ2v) is 5.59. The van der Waals surface area contributed by atoms with Crippen LogP contribution in [0.3, 0.4) is 0 Å². The molecule has 1 aromatic carbocycles. The van der Waals surface area contributed by atoms with Gasteiger partial charge in [0.2, 0.25) is 5.91 Å². The molecule has 3 rings (SSSR count). The van der Waals surface area contributed by atoms with Crippen LogP contribution in [0.1, 0.15) is 18.1 Å². The van der Waals surface area contributed by atoms with E-state index in [9.17, 15) is 4.79 Å². The quantitative estimate of drug-likeness (QED) is 0.920. The maximum atomic E-state index is 12.1. The molecule has 21 heavy (non-hydrogen) atoms. The van der Waals surface area contributed by atoms with E-state index in [-0.39, 0.29) is 11.8 Å². The van der Waals surface area contributed by atoms with E-state index in [4.69, 9.17) is 0 Å². The summed E-state index contributed by atoms with van der Waals surface area (Å²) in [6, 6.07) is 9.98. The molecule has 2 heterocycles. The number of aryl methyl sites for hydroxylation is 1. The maximum absolute atomic E-state index is 12.1. The fourth-order valence-corrected chi connectivity index (χ4v) is 2.64. The average Bonchev–Trinajstić information content (AvgIpc) is 2.60. The highest BCUT2D eigenvalue weighted by Crippen LogP contribution is 2.31. The van der Waals surface area contributed by atoms with Crippen molar-refractivity contribution in [2.75, 3.05) is 16.8 Å². The zero-order valence-corrected chi connectivity index (χ0v) is 12.3. The number of aromatic nitrogens is 1. The molecule has 1 amide bonds. The Labute approximate surface area is 124 Å². The Morgan fingerprint density at radius 1 is 1.33 bits per heavy atom. The van der Waals surface area contributed by atoms with E-state index in [0.717, 1.165) is 17.9 Å². The second kappa shape index (κ2) is 5.56. The number of para-hydroxylation sites is 2. The topological polar surface area (TPSA) is 45.2 Å². The van der Waals surface area contributed by atoms with Crippen molar-refractivity contribution in [3.63, 3.8) is 0 Å². The smallest absolute Gasteiger partial charge is 0.229 e. The molecule has 1 unspecified atom stereocenters. The summed E-state index contributed by atoms with van der Waals surface area (Å²) in [5.41, 5.74) is 4.36. The summed E-state index contributed by atoms with van der Waals surface area (Å²) in [5.74, 6) is 0.0298. The van der Waals surface area contributed by atoms with Crippen molar-refractivity contribution < 1.29 is 4.79 Å². The molecule has 0 saturated heterocycles. The van der Waals surface area contributed by atoms with Crippen molar-refractivity contribution in [1.29, 1.82) is 0 Å². The van der Waals surface area contributed by atoms with E-state index < -0.39 is 0 Å². The van der Waals surface area contributed by atoms with Gasteiger partial charge in [-0.3, -0.25) is 9.78 Å². The summed E-state index contributed by atoms with van der Waals surface area (Å²) < 4.78 is 0. The van der Waals surface area contributed by atoms with Crippen molar-refractivity contribution in [1.82, 2.24) is 4.98 Å². The van der Waals surface area contributed by atoms with Crippen LogP contribution < -0.4 is 10.2 Å². The first kappa shape index (κ1) is 13.6. The summed E-state index contributed by atoms with van der Waals surface area (Å²) in [4.78, 5) is 18.6. The first-order valence-corrected chi connectivity index (χ1v) is 7.19. The Morgan fingerprint density at radius 2 is 2.14 bits per heavy atom. The third-order valence-electron chi connectivity index (χ3n) is 3.95. The molecule has 1 N–H and O–H groups in total. The number of nitrogens with one attached hydrogen (secondary N) is 1. The van der Waals surface area contributed by atoms with Gasteiger partial charge in [0.05, 0.1) is 17.3 Å². The van der Waals surface area contributed by atoms with E-state index in [1.54, 1.807) is 0 Å². The van der Waals surface area contributed by atoms with E-state index >= 15 is 0 Å². The van der Waals surface area contributed by atoms with Gasteiger partial charge >= 0.3 is 0 Å². The Kier molecular flexibility index (Phi) is 3.60. The third kappa shape index (κ3) is 2.75. The van der Waals surface area contributed by atoms with Gasteiger partial charge in [0.25, 0.3) is 0 Å². The average molecular weight is 281 g/mol. The van der Waals surface area contributed by atoms with E-state index in [2.05, 4.69) is 28.2 Å². The third-order valence-corrected chi connectivity index (χ3v) is 3.95. The Morgan fingerprint density at radius 3 is 2.95 bits per heavy atom. The number of fused-ring (bicyclic) bond motifs is 1. The minimum absolute atomic E-state index is 0.0469. The van der Waals surface area contributed by atoms with Crippen molar-refractivity contribution in [3.05, 3.63) is 53.9 Å². The lowest BCUT2D eigenvalue weighted by Crippen LogP contribution is -2.30. The van der Waals surface area contributed by atoms with Crippen LogP contribution in [0, 0.1) is 12.8 Å². The number of carbonyl (C=O) groups excluding carboxylic acids is 1. The summed E-state index contributed by atoms with van der Waals surface area (Å²) >= 11 is 0. The summed E-state index contributed by atoms with van der Waals surface area (Å²) in [5, 5.41) is 3.01. The SMILES string of the molecule is Cc1ccncc1CN1CC(C)C(=O)Nc2ccccc21. The predicted octanol–water partition coefficient (Wildman–Crippen LogP) is 2.98. The number of anilines is 2. The summed E-state index contributed by atoms with van der Waals surface area (Å²) in [6.45, 7) is 5.52. The molecule has 0 bridgehead atoms. The van der Waals surface area contributed by atoms with Gasteiger partial charge in [-0.1, -0.05) is 19.1 Å². The van der Waals surface area contributed by atoms with Gasteiger partial charge in [0.15, 0.2) is 0 Å². The Balaban J connectivity index is 1.97. The van der Waals surface area contributed by atoms with E-state index in [1.807, 2.05) is 43.6 Å². The second-order valence-electron chi connectivity index (χ2n) is 5.59. The maximum Gasteiger partial charge on any atom is 0.229 e. The van der Waals surface area contributed by atoms with Gasteiger partial charge in [0, 0.05) is 25.5 Å². The van der Waals surface area contributed by atoms with Crippen molar-refractivity contribution in [2.45, 2.75) is 20.4 Å². The molecule has 0 aliphatic carbocycles. The lowest BCUT2D eigenvalue weighted by Gasteiger charge is -2.26. The van der Waals surface area contributed by atoms with E-state index in [1.165, 1.54) is 11.1 Å². The van der Waals surface area contributed by atoms with Crippen LogP contribution >= 0.6 is 0 Å². The van der Waals surface area contributed by atoms with Gasteiger partial charge in [-0.2, -0.15) is 0 Å². The molecule has 2 aromatic rings. The molecular formula is C17H19N3O. The van der Waals surface area contributed by atoms with Crippen LogP contribution in [0.2, 0.25) is 0 Å². The van der Waals surface area contributed by atoms with Crippen LogP contribution in [0.4, 0.5) is 11.4 Å². The van der Waals surface area contributed by atoms with Gasteiger partial charge in [-0.15, -0.1) is 0 Å². The van der Waals surface area contributed by atoms with Gasteiger partial charge in [-0.25, -0.2) is 0 Å². The summed E-state index contributed by atoms with van der Waals surface area (Å²) in [7, 11) is 0. The van der Waals surface area contributed by atoms with Crippen LogP contribution in [-0.2, 0) is 11.3 Å². The molecule has 1 aliphatic heterocycles. The Bertz CT molecular complexity index is 669. The minimum atomic E-state index is -0.0469. The van der Waals surface area contributed by atoms with Crippen molar-refractivity contribution >= 4 is 17.3 Å². The fourth-order valence-electron chi connectivity index (χ4n) is 2.64. The molecule has 0 fully saturated rings. The van der Waals surface area contributed by atoms with Crippen molar-refractivity contribution in [3.8, 4) is 0 Å². The molecular weight excluding hydrogens is 262 g/mol. The highest BCUT2D eigenvalue weighted by Gasteiger charge is 2.24. The van der Waals surface area contributed by atoms with Gasteiger partial charge in [-0.05, 0) is 36.2 Å². The molecule has 0 radical (unpaired) electrons. The first-order valence-electron chi connectivity index (χ1n) is 7.19. The molecule has 108 valence electrons. The largest absolute Gasteiger partial charge is 0.365 e. The number of rotatable bonds is 2. The number of pyridine rings is 1. The first-order chi connectivity index (χ1) is 10.1. The minimum Gasteiger partial charge on any atom is -0.365 e. The standard InChI is InChI=1S/C17H19N3O/c1-12-7-8-18-9-14(12)11-20-10-13(2)17(21)19-15-5-3-4-6-16(15)20/h3-9,13H,10-11H2,1-2H3,(H,19,21). The van der Waals surface area contributed by atoms with Crippen LogP contribution in [0.5, 0.6) is 0 Å². The van der Waals surface area contributed by atoms with Crippen LogP contribution in [0.25, 0.3) is 0 Å². The van der Waals surface area contributed by atoms with Gasteiger partial charge in [0.1, 0.15) is 0 Å².